The summed E-state index contributed by atoms with van der Waals surface area (Å²) in [5.74, 6) is 0.0164. The fourth-order valence-corrected chi connectivity index (χ4v) is 3.43. The maximum Gasteiger partial charge on any atom is 0.256 e. The molecule has 0 bridgehead atoms. The third kappa shape index (κ3) is 4.40. The number of likely N-dealkylation sites (tertiary alicyclic amines) is 1. The minimum atomic E-state index is -0.0429. The Kier molecular flexibility index (Phi) is 6.07. The fraction of sp³-hybridized carbons (Fsp3) is 0.381. The van der Waals surface area contributed by atoms with Crippen LogP contribution in [-0.2, 0) is 6.42 Å². The number of benzene rings is 2. The molecule has 0 radical (unpaired) electrons. The fourth-order valence-electron chi connectivity index (χ4n) is 3.43. The quantitative estimate of drug-likeness (QED) is 0.762. The Hall–Kier alpha value is -2.33. The Morgan fingerprint density at radius 2 is 1.88 bits per heavy atom. The zero-order valence-corrected chi connectivity index (χ0v) is 14.5. The average molecular weight is 338 g/mol. The highest BCUT2D eigenvalue weighted by molar-refractivity contribution is 5.99. The first kappa shape index (κ1) is 17.5. The standard InChI is InChI=1S/C21H26N2O2/c24-16-18-11-7-15-23(18)21(25)19-12-4-5-13-20(19)22-14-6-10-17-8-2-1-3-9-17/h1-5,8-9,12-13,18,22,24H,6-7,10-11,14-16H2. The summed E-state index contributed by atoms with van der Waals surface area (Å²) in [4.78, 5) is 14.7. The molecule has 1 saturated heterocycles. The van der Waals surface area contributed by atoms with E-state index in [1.807, 2.05) is 35.2 Å². The van der Waals surface area contributed by atoms with Crippen molar-refractivity contribution in [2.24, 2.45) is 0 Å². The van der Waals surface area contributed by atoms with Crippen LogP contribution >= 0.6 is 0 Å². The molecule has 2 N–H and O–H groups in total. The molecule has 1 atom stereocenters. The minimum absolute atomic E-state index is 0.0164. The Morgan fingerprint density at radius 1 is 1.12 bits per heavy atom. The Balaban J connectivity index is 1.60. The van der Waals surface area contributed by atoms with Gasteiger partial charge < -0.3 is 15.3 Å². The van der Waals surface area contributed by atoms with Gasteiger partial charge in [-0.25, -0.2) is 0 Å². The highest BCUT2D eigenvalue weighted by Crippen LogP contribution is 2.23. The molecule has 0 aliphatic carbocycles. The van der Waals surface area contributed by atoms with Gasteiger partial charge in [0.2, 0.25) is 0 Å². The van der Waals surface area contributed by atoms with E-state index in [9.17, 15) is 9.90 Å². The summed E-state index contributed by atoms with van der Waals surface area (Å²) < 4.78 is 0. The monoisotopic (exact) mass is 338 g/mol. The van der Waals surface area contributed by atoms with Gasteiger partial charge in [0.15, 0.2) is 0 Å². The van der Waals surface area contributed by atoms with Crippen molar-refractivity contribution in [2.45, 2.75) is 31.7 Å². The van der Waals surface area contributed by atoms with Gasteiger partial charge in [-0.3, -0.25) is 4.79 Å². The van der Waals surface area contributed by atoms with E-state index < -0.39 is 0 Å². The van der Waals surface area contributed by atoms with Crippen molar-refractivity contribution in [3.63, 3.8) is 0 Å². The van der Waals surface area contributed by atoms with E-state index in [0.717, 1.165) is 44.5 Å². The predicted molar refractivity (Wildman–Crippen MR) is 101 cm³/mol. The topological polar surface area (TPSA) is 52.6 Å². The molecule has 4 heteroatoms. The largest absolute Gasteiger partial charge is 0.394 e. The third-order valence-corrected chi connectivity index (χ3v) is 4.81. The van der Waals surface area contributed by atoms with Crippen molar-refractivity contribution in [1.82, 2.24) is 4.90 Å². The number of aliphatic hydroxyl groups is 1. The van der Waals surface area contributed by atoms with Crippen LogP contribution in [-0.4, -0.2) is 41.7 Å². The van der Waals surface area contributed by atoms with Crippen LogP contribution in [0.2, 0.25) is 0 Å². The van der Waals surface area contributed by atoms with Gasteiger partial charge in [-0.1, -0.05) is 42.5 Å². The molecule has 25 heavy (non-hydrogen) atoms. The molecule has 3 rings (SSSR count). The van der Waals surface area contributed by atoms with Crippen LogP contribution in [0.3, 0.4) is 0 Å². The second-order valence-electron chi connectivity index (χ2n) is 6.54. The number of hydrogen-bond donors (Lipinski definition) is 2. The van der Waals surface area contributed by atoms with Crippen LogP contribution in [0.15, 0.2) is 54.6 Å². The van der Waals surface area contributed by atoms with Gasteiger partial charge in [0.1, 0.15) is 0 Å². The lowest BCUT2D eigenvalue weighted by atomic mass is 10.1. The smallest absolute Gasteiger partial charge is 0.256 e. The van der Waals surface area contributed by atoms with Crippen molar-refractivity contribution in [1.29, 1.82) is 0 Å². The van der Waals surface area contributed by atoms with Crippen molar-refractivity contribution in [2.75, 3.05) is 25.0 Å². The van der Waals surface area contributed by atoms with Crippen LogP contribution in [0.25, 0.3) is 0 Å². The van der Waals surface area contributed by atoms with Crippen molar-refractivity contribution < 1.29 is 9.90 Å². The van der Waals surface area contributed by atoms with Crippen LogP contribution in [0.5, 0.6) is 0 Å². The van der Waals surface area contributed by atoms with E-state index in [4.69, 9.17) is 0 Å². The number of carbonyl (C=O) groups is 1. The van der Waals surface area contributed by atoms with Crippen LogP contribution in [0, 0.1) is 0 Å². The molecule has 1 aliphatic rings. The highest BCUT2D eigenvalue weighted by Gasteiger charge is 2.29. The molecule has 2 aromatic carbocycles. The number of amides is 1. The van der Waals surface area contributed by atoms with E-state index in [0.29, 0.717) is 5.56 Å². The highest BCUT2D eigenvalue weighted by atomic mass is 16.3. The Bertz CT molecular complexity index is 687. The zero-order chi connectivity index (χ0) is 17.5. The molecule has 0 aromatic heterocycles. The minimum Gasteiger partial charge on any atom is -0.394 e. The first-order valence-electron chi connectivity index (χ1n) is 9.08. The summed E-state index contributed by atoms with van der Waals surface area (Å²) >= 11 is 0. The summed E-state index contributed by atoms with van der Waals surface area (Å²) in [6.45, 7) is 1.59. The third-order valence-electron chi connectivity index (χ3n) is 4.81. The van der Waals surface area contributed by atoms with Crippen molar-refractivity contribution in [3.8, 4) is 0 Å². The van der Waals surface area contributed by atoms with Gasteiger partial charge in [-0.15, -0.1) is 0 Å². The molecule has 1 heterocycles. The Morgan fingerprint density at radius 3 is 2.68 bits per heavy atom. The van der Waals surface area contributed by atoms with Gasteiger partial charge >= 0.3 is 0 Å². The number of aliphatic hydroxyl groups excluding tert-OH is 1. The lowest BCUT2D eigenvalue weighted by molar-refractivity contribution is 0.0678. The number of carbonyl (C=O) groups excluding carboxylic acids is 1. The summed E-state index contributed by atoms with van der Waals surface area (Å²) in [5, 5.41) is 12.9. The van der Waals surface area contributed by atoms with Crippen LogP contribution in [0.1, 0.15) is 35.2 Å². The van der Waals surface area contributed by atoms with E-state index in [1.54, 1.807) is 0 Å². The molecule has 0 saturated carbocycles. The van der Waals surface area contributed by atoms with Crippen molar-refractivity contribution in [3.05, 3.63) is 65.7 Å². The van der Waals surface area contributed by atoms with Gasteiger partial charge in [0.05, 0.1) is 18.2 Å². The number of aryl methyl sites for hydroxylation is 1. The summed E-state index contributed by atoms with van der Waals surface area (Å²) in [7, 11) is 0. The molecular formula is C21H26N2O2. The lowest BCUT2D eigenvalue weighted by Crippen LogP contribution is -2.37. The molecule has 1 fully saturated rings. The Labute approximate surface area is 149 Å². The van der Waals surface area contributed by atoms with E-state index in [2.05, 4.69) is 29.6 Å². The first-order valence-corrected chi connectivity index (χ1v) is 9.08. The molecule has 0 spiro atoms. The van der Waals surface area contributed by atoms with Gasteiger partial charge in [-0.2, -0.15) is 0 Å². The number of rotatable bonds is 7. The van der Waals surface area contributed by atoms with E-state index >= 15 is 0 Å². The molecular weight excluding hydrogens is 312 g/mol. The van der Waals surface area contributed by atoms with Crippen molar-refractivity contribution >= 4 is 11.6 Å². The number of para-hydroxylation sites is 1. The number of anilines is 1. The summed E-state index contributed by atoms with van der Waals surface area (Å²) in [6.07, 6.45) is 3.87. The average Bonchev–Trinajstić information content (AvgIpc) is 3.14. The number of hydrogen-bond acceptors (Lipinski definition) is 3. The second-order valence-corrected chi connectivity index (χ2v) is 6.54. The molecule has 132 valence electrons. The van der Waals surface area contributed by atoms with Gasteiger partial charge in [0, 0.05) is 18.8 Å². The van der Waals surface area contributed by atoms with E-state index in [1.165, 1.54) is 5.56 Å². The first-order chi connectivity index (χ1) is 12.3. The van der Waals surface area contributed by atoms with Crippen LogP contribution in [0.4, 0.5) is 5.69 Å². The van der Waals surface area contributed by atoms with Crippen LogP contribution < -0.4 is 5.32 Å². The molecule has 2 aromatic rings. The second kappa shape index (κ2) is 8.67. The van der Waals surface area contributed by atoms with Gasteiger partial charge in [-0.05, 0) is 43.4 Å². The summed E-state index contributed by atoms with van der Waals surface area (Å²) in [5.41, 5.74) is 2.91. The maximum absolute atomic E-state index is 12.9. The molecule has 1 aliphatic heterocycles. The lowest BCUT2D eigenvalue weighted by Gasteiger charge is -2.24. The SMILES string of the molecule is O=C(c1ccccc1NCCCc1ccccc1)N1CCCC1CO. The normalized spacial score (nSPS) is 16.8. The maximum atomic E-state index is 12.9. The van der Waals surface area contributed by atoms with Gasteiger partial charge in [0.25, 0.3) is 5.91 Å². The molecule has 1 amide bonds. The summed E-state index contributed by atoms with van der Waals surface area (Å²) in [6, 6.07) is 18.1. The van der Waals surface area contributed by atoms with E-state index in [-0.39, 0.29) is 18.6 Å². The predicted octanol–water partition coefficient (Wildman–Crippen LogP) is 3.33. The number of nitrogens with one attached hydrogen (secondary N) is 1. The molecule has 4 nitrogen and oxygen atoms in total. The molecule has 1 unspecified atom stereocenters. The zero-order valence-electron chi connectivity index (χ0n) is 14.5. The number of nitrogens with zero attached hydrogens (tertiary/aromatic N) is 1.